The lowest BCUT2D eigenvalue weighted by Crippen LogP contribution is -2.35. The van der Waals surface area contributed by atoms with Crippen LogP contribution in [0, 0.1) is 0 Å². The van der Waals surface area contributed by atoms with Gasteiger partial charge >= 0.3 is 24.0 Å². The van der Waals surface area contributed by atoms with Gasteiger partial charge in [0, 0.05) is 68.9 Å². The van der Waals surface area contributed by atoms with E-state index in [0.29, 0.717) is 38.5 Å². The number of thiophene rings is 2. The van der Waals surface area contributed by atoms with Gasteiger partial charge < -0.3 is 35.6 Å². The van der Waals surface area contributed by atoms with Crippen molar-refractivity contribution in [3.63, 3.8) is 0 Å². The maximum Gasteiger partial charge on any atom is 0.332 e. The van der Waals surface area contributed by atoms with E-state index in [-0.39, 0.29) is 42.4 Å². The second-order valence-electron chi connectivity index (χ2n) is 16.9. The number of aromatic amines is 2. The minimum atomic E-state index is -0.706. The first-order valence-corrected chi connectivity index (χ1v) is 23.4. The number of hydrogen-bond donors (Lipinski definition) is 4. The van der Waals surface area contributed by atoms with Gasteiger partial charge in [-0.1, -0.05) is 24.3 Å². The smallest absolute Gasteiger partial charge is 0.332 e. The van der Waals surface area contributed by atoms with Crippen molar-refractivity contribution in [2.24, 2.45) is 0 Å². The predicted octanol–water partition coefficient (Wildman–Crippen LogP) is 5.26. The molecule has 2 aliphatic heterocycles. The largest absolute Gasteiger partial charge is 0.443 e. The Morgan fingerprint density at radius 1 is 0.657 bits per heavy atom. The number of aryl methyl sites for hydroxylation is 2. The quantitative estimate of drug-likeness (QED) is 0.0337. The second kappa shape index (κ2) is 21.3. The van der Waals surface area contributed by atoms with Gasteiger partial charge in [0.1, 0.15) is 12.1 Å². The van der Waals surface area contributed by atoms with Crippen LogP contribution in [-0.2, 0) is 67.4 Å². The van der Waals surface area contributed by atoms with Gasteiger partial charge in [0.2, 0.25) is 0 Å². The summed E-state index contributed by atoms with van der Waals surface area (Å²) in [5, 5.41) is 11.4. The molecule has 2 saturated heterocycles. The van der Waals surface area contributed by atoms with Crippen LogP contribution in [0.15, 0.2) is 96.0 Å². The van der Waals surface area contributed by atoms with Crippen LogP contribution >= 0.6 is 22.7 Å². The van der Waals surface area contributed by atoms with Gasteiger partial charge in [-0.2, -0.15) is 0 Å². The molecule has 6 amide bonds. The average Bonchev–Trinajstić information content (AvgIpc) is 4.18. The minimum Gasteiger partial charge on any atom is -0.443 e. The summed E-state index contributed by atoms with van der Waals surface area (Å²) in [5.41, 5.74) is 5.64. The number of ether oxygens (including phenoxy) is 2. The summed E-state index contributed by atoms with van der Waals surface area (Å²) in [5.74, 6) is -1.86. The Kier molecular flexibility index (Phi) is 15.4. The Hall–Kier alpha value is -6.64. The SMILES string of the molecule is CN(C)C(Cc1c[nH]c2ccc(CCC3NC(=O)N(Cc4cccs4)C3=O)cc12)OC(=O)/C=C\C(=O)OC(Cc1c[nH]c2ccc(CCC3NC(=O)N(Cc4cccs4)C3=O)cc12)N(C)C.O. The maximum absolute atomic E-state index is 13.1. The van der Waals surface area contributed by atoms with Crippen LogP contribution < -0.4 is 10.6 Å². The molecule has 0 aliphatic carbocycles. The Balaban J connectivity index is 0.00000666. The number of urea groups is 2. The lowest BCUT2D eigenvalue weighted by molar-refractivity contribution is -0.153. The van der Waals surface area contributed by atoms with Crippen LogP contribution in [-0.4, -0.2) is 124 Å². The first kappa shape index (κ1) is 48.3. The standard InChI is InChI=1S/C48H52N8O8S2.H2O/c1-53(2)41(23-31-25-49-37-13-9-29(21-35(31)37)11-15-39-45(59)55(47(61)51-39)27-33-7-5-19-65-33)63-43(57)17-18-44(58)64-42(54(3)4)24-32-26-50-38-14-10-30(22-36(32)38)12-16-40-46(60)56(48(62)52-40)28-34-8-6-20-66-34;/h5-10,13-14,17-22,25-26,39-42,49-50H,11-12,15-16,23-24,27-28H2,1-4H3,(H,51,61)(H,52,62);1H2/b18-17-;. The van der Waals surface area contributed by atoms with Crippen molar-refractivity contribution >= 4 is 80.3 Å². The van der Waals surface area contributed by atoms with Crippen LogP contribution in [0.4, 0.5) is 9.59 Å². The fraction of sp³-hybridized carbons (Fsp3) is 0.333. The number of benzene rings is 2. The molecule has 6 N–H and O–H groups in total. The number of carbonyl (C=O) groups is 6. The van der Waals surface area contributed by atoms with E-state index in [2.05, 4.69) is 32.7 Å². The molecule has 4 atom stereocenters. The zero-order chi connectivity index (χ0) is 46.5. The highest BCUT2D eigenvalue weighted by atomic mass is 32.1. The van der Waals surface area contributed by atoms with Crippen LogP contribution in [0.3, 0.4) is 0 Å². The number of nitrogens with zero attached hydrogens (tertiary/aromatic N) is 4. The predicted molar refractivity (Wildman–Crippen MR) is 255 cm³/mol. The monoisotopic (exact) mass is 950 g/mol. The molecule has 0 saturated carbocycles. The third-order valence-corrected chi connectivity index (χ3v) is 13.6. The molecule has 0 radical (unpaired) electrons. The first-order chi connectivity index (χ1) is 31.8. The molecule has 2 fully saturated rings. The highest BCUT2D eigenvalue weighted by Gasteiger charge is 2.39. The van der Waals surface area contributed by atoms with Crippen molar-refractivity contribution in [3.8, 4) is 0 Å². The van der Waals surface area contributed by atoms with E-state index in [4.69, 9.17) is 9.47 Å². The number of fused-ring (bicyclic) bond motifs is 2. The molecule has 0 spiro atoms. The molecule has 4 aromatic heterocycles. The number of rotatable bonds is 20. The van der Waals surface area contributed by atoms with Crippen molar-refractivity contribution in [3.05, 3.63) is 128 Å². The number of likely N-dealkylation sites (N-methyl/N-ethyl adjacent to an activating group) is 2. The van der Waals surface area contributed by atoms with Crippen molar-refractivity contribution < 1.29 is 43.7 Å². The van der Waals surface area contributed by atoms with Crippen LogP contribution in [0.1, 0.15) is 44.8 Å². The van der Waals surface area contributed by atoms with Gasteiger partial charge in [-0.3, -0.25) is 29.2 Å². The molecule has 4 unspecified atom stereocenters. The number of amides is 6. The molecule has 352 valence electrons. The summed E-state index contributed by atoms with van der Waals surface area (Å²) in [7, 11) is 7.21. The molecule has 17 nitrogen and oxygen atoms in total. The van der Waals surface area contributed by atoms with Crippen molar-refractivity contribution in [1.82, 2.24) is 40.2 Å². The first-order valence-electron chi connectivity index (χ1n) is 21.7. The third-order valence-electron chi connectivity index (χ3n) is 11.9. The van der Waals surface area contributed by atoms with Gasteiger partial charge in [-0.15, -0.1) is 22.7 Å². The fourth-order valence-corrected chi connectivity index (χ4v) is 9.59. The van der Waals surface area contributed by atoms with Crippen LogP contribution in [0.5, 0.6) is 0 Å². The normalized spacial score (nSPS) is 17.2. The summed E-state index contributed by atoms with van der Waals surface area (Å²) in [4.78, 5) is 92.1. The fourth-order valence-electron chi connectivity index (χ4n) is 8.20. The van der Waals surface area contributed by atoms with Crippen LogP contribution in [0.25, 0.3) is 21.8 Å². The van der Waals surface area contributed by atoms with Crippen LogP contribution in [0.2, 0.25) is 0 Å². The number of nitrogens with one attached hydrogen (secondary N) is 4. The van der Waals surface area contributed by atoms with Crippen molar-refractivity contribution in [2.75, 3.05) is 28.2 Å². The minimum absolute atomic E-state index is 0. The molecule has 67 heavy (non-hydrogen) atoms. The van der Waals surface area contributed by atoms with E-state index >= 15 is 0 Å². The van der Waals surface area contributed by atoms with Crippen molar-refractivity contribution in [1.29, 1.82) is 0 Å². The zero-order valence-electron chi connectivity index (χ0n) is 37.6. The molecule has 6 heterocycles. The summed E-state index contributed by atoms with van der Waals surface area (Å²) in [6.07, 6.45) is 7.33. The molecule has 6 aromatic rings. The molecular weight excluding hydrogens is 897 g/mol. The van der Waals surface area contributed by atoms with Gasteiger partial charge in [0.15, 0.2) is 12.5 Å². The zero-order valence-corrected chi connectivity index (χ0v) is 39.2. The number of H-pyrrole nitrogens is 2. The summed E-state index contributed by atoms with van der Waals surface area (Å²) in [6.45, 7) is 0.520. The van der Waals surface area contributed by atoms with Crippen molar-refractivity contribution in [2.45, 2.75) is 76.2 Å². The maximum atomic E-state index is 13.1. The van der Waals surface area contributed by atoms with Gasteiger partial charge in [-0.05, 0) is 123 Å². The van der Waals surface area contributed by atoms with E-state index in [1.54, 1.807) is 38.0 Å². The molecule has 0 bridgehead atoms. The van der Waals surface area contributed by atoms with E-state index in [9.17, 15) is 28.8 Å². The molecule has 2 aromatic carbocycles. The molecule has 19 heteroatoms. The topological polar surface area (TPSA) is 221 Å². The molecule has 8 rings (SSSR count). The number of aromatic nitrogens is 2. The molecule has 2 aliphatic rings. The lowest BCUT2D eigenvalue weighted by Gasteiger charge is -2.24. The number of carbonyl (C=O) groups excluding carboxylic acids is 6. The Labute approximate surface area is 395 Å². The van der Waals surface area contributed by atoms with Gasteiger partial charge in [0.05, 0.1) is 13.1 Å². The van der Waals surface area contributed by atoms with E-state index in [1.165, 1.54) is 32.5 Å². The highest BCUT2D eigenvalue weighted by molar-refractivity contribution is 7.10. The van der Waals surface area contributed by atoms with E-state index in [1.807, 2.05) is 71.7 Å². The highest BCUT2D eigenvalue weighted by Crippen LogP contribution is 2.27. The molecular formula is C48H54N8O9S2. The Morgan fingerprint density at radius 3 is 1.45 bits per heavy atom. The summed E-state index contributed by atoms with van der Waals surface area (Å²) >= 11 is 3.01. The number of hydrogen-bond acceptors (Lipinski definition) is 12. The third kappa shape index (κ3) is 11.5. The summed E-state index contributed by atoms with van der Waals surface area (Å²) < 4.78 is 11.7. The number of esters is 2. The number of imide groups is 2. The Morgan fingerprint density at radius 2 is 1.07 bits per heavy atom. The van der Waals surface area contributed by atoms with E-state index in [0.717, 1.165) is 66.0 Å². The second-order valence-corrected chi connectivity index (χ2v) is 19.0. The van der Waals surface area contributed by atoms with E-state index < -0.39 is 36.5 Å². The average molecular weight is 951 g/mol. The summed E-state index contributed by atoms with van der Waals surface area (Å²) in [6, 6.07) is 17.7. The van der Waals surface area contributed by atoms with Gasteiger partial charge in [-0.25, -0.2) is 19.2 Å². The van der Waals surface area contributed by atoms with Gasteiger partial charge in [0.25, 0.3) is 11.8 Å². The Bertz CT molecular complexity index is 2580. The lowest BCUT2D eigenvalue weighted by atomic mass is 10.0.